The minimum atomic E-state index is 0.160. The number of hydrogen-bond donors (Lipinski definition) is 0. The lowest BCUT2D eigenvalue weighted by molar-refractivity contribution is 0.103. The molecule has 0 fully saturated rings. The predicted octanol–water partition coefficient (Wildman–Crippen LogP) is 10.1. The van der Waals surface area contributed by atoms with Crippen LogP contribution in [0, 0.1) is 0 Å². The standard InChI is InChI=1S/C20H10Br2.C14H10O/c21-17-9-7-13-14-8-10-18(22)16-6-2-4-12(20(14)16)11-3-1-5-15(17)19(11)13;15-14-12-7-3-1-5-10(12)9-11-6-2-4-8-13(11)14/h1-10H;1-8H,9H2. The molecule has 0 aromatic heterocycles. The van der Waals surface area contributed by atoms with Crippen LogP contribution < -0.4 is 0 Å². The SMILES string of the molecule is Brc1ccc2c3ccc(Br)c4cccc(c5cccc1c52)c43.O=C1c2ccccc2Cc2ccccc21. The van der Waals surface area contributed by atoms with Gasteiger partial charge in [0.1, 0.15) is 0 Å². The lowest BCUT2D eigenvalue weighted by atomic mass is 9.85. The summed E-state index contributed by atoms with van der Waals surface area (Å²) in [5.74, 6) is 0.160. The van der Waals surface area contributed by atoms with Crippen LogP contribution in [0.1, 0.15) is 27.0 Å². The Kier molecular flexibility index (Phi) is 5.38. The molecule has 0 bridgehead atoms. The normalized spacial score (nSPS) is 12.5. The Balaban J connectivity index is 0.000000135. The van der Waals surface area contributed by atoms with E-state index in [-0.39, 0.29) is 5.78 Å². The molecule has 7 aromatic carbocycles. The van der Waals surface area contributed by atoms with Crippen LogP contribution in [0.3, 0.4) is 0 Å². The summed E-state index contributed by atoms with van der Waals surface area (Å²) >= 11 is 7.40. The number of ketones is 1. The molecule has 0 saturated heterocycles. The summed E-state index contributed by atoms with van der Waals surface area (Å²) in [5.41, 5.74) is 4.00. The number of hydrogen-bond acceptors (Lipinski definition) is 1. The molecular formula is C34H20Br2O. The second kappa shape index (κ2) is 8.79. The molecule has 1 aliphatic carbocycles. The third-order valence-electron chi connectivity index (χ3n) is 7.46. The van der Waals surface area contributed by atoms with Gasteiger partial charge in [0, 0.05) is 20.1 Å². The number of carbonyl (C=O) groups is 1. The third kappa shape index (κ3) is 3.53. The lowest BCUT2D eigenvalue weighted by Gasteiger charge is -2.17. The molecule has 0 spiro atoms. The van der Waals surface area contributed by atoms with Crippen LogP contribution in [0.5, 0.6) is 0 Å². The van der Waals surface area contributed by atoms with Crippen LogP contribution in [-0.4, -0.2) is 5.78 Å². The van der Waals surface area contributed by atoms with Gasteiger partial charge in [-0.25, -0.2) is 0 Å². The van der Waals surface area contributed by atoms with Crippen molar-refractivity contribution in [3.63, 3.8) is 0 Å². The Morgan fingerprint density at radius 1 is 0.432 bits per heavy atom. The van der Waals surface area contributed by atoms with Crippen LogP contribution in [0.4, 0.5) is 0 Å². The summed E-state index contributed by atoms with van der Waals surface area (Å²) < 4.78 is 2.31. The van der Waals surface area contributed by atoms with Gasteiger partial charge in [-0.05, 0) is 72.8 Å². The van der Waals surface area contributed by atoms with Crippen molar-refractivity contribution in [2.24, 2.45) is 0 Å². The molecular weight excluding hydrogens is 584 g/mol. The Morgan fingerprint density at radius 3 is 1.32 bits per heavy atom. The molecule has 37 heavy (non-hydrogen) atoms. The average molecular weight is 604 g/mol. The van der Waals surface area contributed by atoms with Gasteiger partial charge in [-0.1, -0.05) is 129 Å². The van der Waals surface area contributed by atoms with Crippen molar-refractivity contribution >= 4 is 80.7 Å². The molecule has 8 rings (SSSR count). The highest BCUT2D eigenvalue weighted by atomic mass is 79.9. The maximum atomic E-state index is 12.1. The van der Waals surface area contributed by atoms with Gasteiger partial charge in [0.05, 0.1) is 0 Å². The Hall–Kier alpha value is -3.53. The highest BCUT2D eigenvalue weighted by Crippen LogP contribution is 2.43. The van der Waals surface area contributed by atoms with Gasteiger partial charge in [0.15, 0.2) is 5.78 Å². The summed E-state index contributed by atoms with van der Waals surface area (Å²) in [5, 5.41) is 10.5. The van der Waals surface area contributed by atoms with Crippen molar-refractivity contribution in [3.8, 4) is 0 Å². The van der Waals surface area contributed by atoms with Crippen molar-refractivity contribution in [2.75, 3.05) is 0 Å². The van der Waals surface area contributed by atoms with Crippen molar-refractivity contribution in [1.29, 1.82) is 0 Å². The van der Waals surface area contributed by atoms with E-state index in [1.807, 2.05) is 48.5 Å². The van der Waals surface area contributed by atoms with Crippen LogP contribution in [0.2, 0.25) is 0 Å². The summed E-state index contributed by atoms with van der Waals surface area (Å²) in [6.07, 6.45) is 0.873. The van der Waals surface area contributed by atoms with Gasteiger partial charge in [0.2, 0.25) is 0 Å². The van der Waals surface area contributed by atoms with Crippen LogP contribution >= 0.6 is 31.9 Å². The van der Waals surface area contributed by atoms with Gasteiger partial charge < -0.3 is 0 Å². The summed E-state index contributed by atoms with van der Waals surface area (Å²) in [4.78, 5) is 12.1. The molecule has 0 aliphatic heterocycles. The highest BCUT2D eigenvalue weighted by molar-refractivity contribution is 9.11. The molecule has 0 N–H and O–H groups in total. The second-order valence-corrected chi connectivity index (χ2v) is 11.2. The first kappa shape index (κ1) is 22.7. The minimum Gasteiger partial charge on any atom is -0.289 e. The van der Waals surface area contributed by atoms with Crippen molar-refractivity contribution < 1.29 is 4.79 Å². The first-order valence-corrected chi connectivity index (χ1v) is 13.8. The molecule has 0 unspecified atom stereocenters. The van der Waals surface area contributed by atoms with E-state index in [1.54, 1.807) is 0 Å². The Labute approximate surface area is 231 Å². The first-order valence-electron chi connectivity index (χ1n) is 12.3. The monoisotopic (exact) mass is 602 g/mol. The van der Waals surface area contributed by atoms with Crippen LogP contribution in [0.15, 0.2) is 118 Å². The molecule has 1 aliphatic rings. The van der Waals surface area contributed by atoms with Crippen molar-refractivity contribution in [3.05, 3.63) is 140 Å². The lowest BCUT2D eigenvalue weighted by Crippen LogP contribution is -2.14. The molecule has 1 nitrogen and oxygen atoms in total. The van der Waals surface area contributed by atoms with Crippen LogP contribution in [0.25, 0.3) is 43.1 Å². The van der Waals surface area contributed by atoms with Crippen LogP contribution in [-0.2, 0) is 6.42 Å². The fourth-order valence-electron chi connectivity index (χ4n) is 5.78. The smallest absolute Gasteiger partial charge is 0.193 e. The topological polar surface area (TPSA) is 17.1 Å². The number of halogens is 2. The van der Waals surface area contributed by atoms with Gasteiger partial charge in [-0.2, -0.15) is 0 Å². The molecule has 0 heterocycles. The maximum absolute atomic E-state index is 12.1. The molecule has 176 valence electrons. The van der Waals surface area contributed by atoms with E-state index in [0.717, 1.165) is 37.6 Å². The number of rotatable bonds is 0. The molecule has 7 aromatic rings. The zero-order chi connectivity index (χ0) is 25.1. The number of benzene rings is 7. The Bertz CT molecular complexity index is 1840. The van der Waals surface area contributed by atoms with E-state index in [0.29, 0.717) is 0 Å². The van der Waals surface area contributed by atoms with Gasteiger partial charge >= 0.3 is 0 Å². The van der Waals surface area contributed by atoms with Gasteiger partial charge in [0.25, 0.3) is 0 Å². The summed E-state index contributed by atoms with van der Waals surface area (Å²) in [6, 6.07) is 37.6. The van der Waals surface area contributed by atoms with E-state index in [9.17, 15) is 4.79 Å². The number of fused-ring (bicyclic) bond motifs is 4. The molecule has 3 heteroatoms. The second-order valence-electron chi connectivity index (χ2n) is 9.47. The summed E-state index contributed by atoms with van der Waals surface area (Å²) in [7, 11) is 0. The van der Waals surface area contributed by atoms with E-state index >= 15 is 0 Å². The minimum absolute atomic E-state index is 0.160. The third-order valence-corrected chi connectivity index (χ3v) is 8.84. The quantitative estimate of drug-likeness (QED) is 0.124. The van der Waals surface area contributed by atoms with Crippen molar-refractivity contribution in [1.82, 2.24) is 0 Å². The maximum Gasteiger partial charge on any atom is 0.193 e. The van der Waals surface area contributed by atoms with E-state index in [2.05, 4.69) is 92.5 Å². The van der Waals surface area contributed by atoms with Crippen molar-refractivity contribution in [2.45, 2.75) is 6.42 Å². The number of carbonyl (C=O) groups excluding carboxylic acids is 1. The van der Waals surface area contributed by atoms with Gasteiger partial charge in [-0.15, -0.1) is 0 Å². The van der Waals surface area contributed by atoms with E-state index < -0.39 is 0 Å². The fraction of sp³-hybridized carbons (Fsp3) is 0.0294. The fourth-order valence-corrected chi connectivity index (χ4v) is 6.71. The van der Waals surface area contributed by atoms with Gasteiger partial charge in [-0.3, -0.25) is 4.79 Å². The first-order chi connectivity index (χ1) is 18.1. The average Bonchev–Trinajstić information content (AvgIpc) is 2.94. The predicted molar refractivity (Wildman–Crippen MR) is 162 cm³/mol. The Morgan fingerprint density at radius 2 is 0.838 bits per heavy atom. The molecule has 0 atom stereocenters. The van der Waals surface area contributed by atoms with E-state index in [4.69, 9.17) is 0 Å². The summed E-state index contributed by atoms with van der Waals surface area (Å²) in [6.45, 7) is 0. The molecule has 0 amide bonds. The molecule has 0 radical (unpaired) electrons. The van der Waals surface area contributed by atoms with E-state index in [1.165, 1.54) is 43.1 Å². The zero-order valence-electron chi connectivity index (χ0n) is 19.8. The molecule has 0 saturated carbocycles. The highest BCUT2D eigenvalue weighted by Gasteiger charge is 2.21. The zero-order valence-corrected chi connectivity index (χ0v) is 22.9. The largest absolute Gasteiger partial charge is 0.289 e.